The van der Waals surface area contributed by atoms with Crippen molar-refractivity contribution >= 4 is 17.3 Å². The van der Waals surface area contributed by atoms with Crippen LogP contribution in [-0.4, -0.2) is 15.9 Å². The van der Waals surface area contributed by atoms with E-state index in [0.717, 1.165) is 5.56 Å². The molecule has 6 heteroatoms. The molecule has 2 heterocycles. The lowest BCUT2D eigenvalue weighted by Gasteiger charge is -2.08. The molecule has 3 N–H and O–H groups in total. The lowest BCUT2D eigenvalue weighted by atomic mass is 10.1. The number of hydrogen-bond acceptors (Lipinski definition) is 4. The van der Waals surface area contributed by atoms with E-state index in [2.05, 4.69) is 15.3 Å². The predicted octanol–water partition coefficient (Wildman–Crippen LogP) is 3.12. The van der Waals surface area contributed by atoms with Crippen molar-refractivity contribution in [3.05, 3.63) is 72.4 Å². The van der Waals surface area contributed by atoms with Crippen molar-refractivity contribution < 1.29 is 9.18 Å². The number of nitrogens with zero attached hydrogens (tertiary/aromatic N) is 2. The average molecular weight is 308 g/mol. The predicted molar refractivity (Wildman–Crippen MR) is 86.2 cm³/mol. The number of carbonyl (C=O) groups excluding carboxylic acids is 1. The summed E-state index contributed by atoms with van der Waals surface area (Å²) in [7, 11) is 0. The number of halogens is 1. The third-order valence-corrected chi connectivity index (χ3v) is 3.23. The number of benzene rings is 1. The zero-order chi connectivity index (χ0) is 16.2. The monoisotopic (exact) mass is 308 g/mol. The van der Waals surface area contributed by atoms with Crippen LogP contribution in [0.2, 0.25) is 0 Å². The Morgan fingerprint density at radius 1 is 1.04 bits per heavy atom. The zero-order valence-electron chi connectivity index (χ0n) is 12.0. The standard InChI is InChI=1S/C17H13FN4O/c18-15-2-1-12(19)9-14(15)17(23)22-13-5-8-21-16(10-13)11-3-6-20-7-4-11/h1-10H,19H2,(H,21,22,23). The van der Waals surface area contributed by atoms with Crippen molar-refractivity contribution in [2.45, 2.75) is 0 Å². The lowest BCUT2D eigenvalue weighted by Crippen LogP contribution is -2.14. The minimum atomic E-state index is -0.625. The molecule has 2 aromatic heterocycles. The molecular formula is C17H13FN4O. The van der Waals surface area contributed by atoms with Gasteiger partial charge in [0.05, 0.1) is 11.3 Å². The number of rotatable bonds is 3. The second-order valence-electron chi connectivity index (χ2n) is 4.86. The fourth-order valence-corrected chi connectivity index (χ4v) is 2.10. The van der Waals surface area contributed by atoms with Crippen LogP contribution in [0, 0.1) is 5.82 Å². The number of nitrogens with one attached hydrogen (secondary N) is 1. The molecule has 0 aliphatic carbocycles. The maximum absolute atomic E-state index is 13.7. The molecule has 0 saturated heterocycles. The molecule has 3 rings (SSSR count). The van der Waals surface area contributed by atoms with Crippen LogP contribution >= 0.6 is 0 Å². The minimum Gasteiger partial charge on any atom is -0.399 e. The van der Waals surface area contributed by atoms with Gasteiger partial charge >= 0.3 is 0 Å². The molecule has 0 atom stereocenters. The van der Waals surface area contributed by atoms with E-state index in [0.29, 0.717) is 17.1 Å². The summed E-state index contributed by atoms with van der Waals surface area (Å²) in [5, 5.41) is 2.65. The fraction of sp³-hybridized carbons (Fsp3) is 0. The van der Waals surface area contributed by atoms with E-state index >= 15 is 0 Å². The summed E-state index contributed by atoms with van der Waals surface area (Å²) < 4.78 is 13.7. The van der Waals surface area contributed by atoms with Crippen molar-refractivity contribution in [2.24, 2.45) is 0 Å². The first-order chi connectivity index (χ1) is 11.1. The summed E-state index contributed by atoms with van der Waals surface area (Å²) in [5.41, 5.74) is 7.87. The first kappa shape index (κ1) is 14.6. The molecule has 1 amide bonds. The van der Waals surface area contributed by atoms with Gasteiger partial charge in [0.2, 0.25) is 0 Å². The largest absolute Gasteiger partial charge is 0.399 e. The number of aromatic nitrogens is 2. The summed E-state index contributed by atoms with van der Waals surface area (Å²) in [4.78, 5) is 20.4. The van der Waals surface area contributed by atoms with Gasteiger partial charge in [0.1, 0.15) is 5.82 Å². The number of hydrogen-bond donors (Lipinski definition) is 2. The van der Waals surface area contributed by atoms with E-state index in [1.807, 2.05) is 12.1 Å². The summed E-state index contributed by atoms with van der Waals surface area (Å²) >= 11 is 0. The van der Waals surface area contributed by atoms with Gasteiger partial charge in [0, 0.05) is 35.5 Å². The second kappa shape index (κ2) is 6.23. The minimum absolute atomic E-state index is 0.104. The normalized spacial score (nSPS) is 10.3. The molecular weight excluding hydrogens is 295 g/mol. The highest BCUT2D eigenvalue weighted by Gasteiger charge is 2.12. The van der Waals surface area contributed by atoms with Gasteiger partial charge in [-0.3, -0.25) is 14.8 Å². The van der Waals surface area contributed by atoms with E-state index in [1.54, 1.807) is 30.7 Å². The SMILES string of the molecule is Nc1ccc(F)c(C(=O)Nc2ccnc(-c3ccncc3)c2)c1. The Morgan fingerprint density at radius 3 is 2.61 bits per heavy atom. The van der Waals surface area contributed by atoms with Crippen LogP contribution in [0.1, 0.15) is 10.4 Å². The third kappa shape index (κ3) is 3.32. The molecule has 1 aromatic carbocycles. The van der Waals surface area contributed by atoms with Crippen LogP contribution in [-0.2, 0) is 0 Å². The number of carbonyl (C=O) groups is 1. The summed E-state index contributed by atoms with van der Waals surface area (Å²) in [6.07, 6.45) is 4.88. The van der Waals surface area contributed by atoms with Crippen LogP contribution in [0.15, 0.2) is 61.1 Å². The molecule has 0 saturated carbocycles. The van der Waals surface area contributed by atoms with Crippen molar-refractivity contribution in [3.8, 4) is 11.3 Å². The van der Waals surface area contributed by atoms with Crippen LogP contribution in [0.5, 0.6) is 0 Å². The van der Waals surface area contributed by atoms with E-state index in [1.165, 1.54) is 18.2 Å². The molecule has 0 aliphatic heterocycles. The molecule has 23 heavy (non-hydrogen) atoms. The van der Waals surface area contributed by atoms with E-state index < -0.39 is 11.7 Å². The van der Waals surface area contributed by atoms with Crippen LogP contribution < -0.4 is 11.1 Å². The highest BCUT2D eigenvalue weighted by atomic mass is 19.1. The maximum Gasteiger partial charge on any atom is 0.258 e. The number of anilines is 2. The van der Waals surface area contributed by atoms with Crippen molar-refractivity contribution in [1.29, 1.82) is 0 Å². The Hall–Kier alpha value is -3.28. The molecule has 3 aromatic rings. The average Bonchev–Trinajstić information content (AvgIpc) is 2.58. The Balaban J connectivity index is 1.86. The molecule has 5 nitrogen and oxygen atoms in total. The Kier molecular flexibility index (Phi) is 3.97. The smallest absolute Gasteiger partial charge is 0.258 e. The Bertz CT molecular complexity index is 852. The summed E-state index contributed by atoms with van der Waals surface area (Å²) in [6.45, 7) is 0. The van der Waals surface area contributed by atoms with Gasteiger partial charge in [-0.2, -0.15) is 0 Å². The van der Waals surface area contributed by atoms with Crippen molar-refractivity contribution in [1.82, 2.24) is 9.97 Å². The molecule has 0 spiro atoms. The lowest BCUT2D eigenvalue weighted by molar-refractivity contribution is 0.102. The summed E-state index contributed by atoms with van der Waals surface area (Å²) in [6, 6.07) is 10.8. The van der Waals surface area contributed by atoms with E-state index in [9.17, 15) is 9.18 Å². The molecule has 0 fully saturated rings. The van der Waals surface area contributed by atoms with Gasteiger partial charge in [-0.1, -0.05) is 0 Å². The molecule has 0 aliphatic rings. The second-order valence-corrected chi connectivity index (χ2v) is 4.86. The van der Waals surface area contributed by atoms with Gasteiger partial charge in [0.25, 0.3) is 5.91 Å². The van der Waals surface area contributed by atoms with Gasteiger partial charge in [-0.25, -0.2) is 4.39 Å². The third-order valence-electron chi connectivity index (χ3n) is 3.23. The summed E-state index contributed by atoms with van der Waals surface area (Å²) in [5.74, 6) is -1.19. The number of nitrogens with two attached hydrogens (primary N) is 1. The first-order valence-electron chi connectivity index (χ1n) is 6.86. The fourth-order valence-electron chi connectivity index (χ4n) is 2.10. The Labute approximate surface area is 132 Å². The van der Waals surface area contributed by atoms with E-state index in [-0.39, 0.29) is 5.56 Å². The zero-order valence-corrected chi connectivity index (χ0v) is 12.0. The molecule has 0 radical (unpaired) electrons. The van der Waals surface area contributed by atoms with Crippen LogP contribution in [0.3, 0.4) is 0 Å². The van der Waals surface area contributed by atoms with Gasteiger partial charge in [0.15, 0.2) is 0 Å². The molecule has 0 bridgehead atoms. The number of nitrogen functional groups attached to an aromatic ring is 1. The van der Waals surface area contributed by atoms with Gasteiger partial charge < -0.3 is 11.1 Å². The number of pyridine rings is 2. The topological polar surface area (TPSA) is 80.9 Å². The molecule has 0 unspecified atom stereocenters. The quantitative estimate of drug-likeness (QED) is 0.728. The Morgan fingerprint density at radius 2 is 1.83 bits per heavy atom. The van der Waals surface area contributed by atoms with Crippen molar-refractivity contribution in [2.75, 3.05) is 11.1 Å². The van der Waals surface area contributed by atoms with E-state index in [4.69, 9.17) is 5.73 Å². The van der Waals surface area contributed by atoms with Crippen LogP contribution in [0.4, 0.5) is 15.8 Å². The van der Waals surface area contributed by atoms with Gasteiger partial charge in [-0.15, -0.1) is 0 Å². The first-order valence-corrected chi connectivity index (χ1v) is 6.86. The molecule has 114 valence electrons. The number of amides is 1. The van der Waals surface area contributed by atoms with Gasteiger partial charge in [-0.05, 0) is 42.5 Å². The van der Waals surface area contributed by atoms with Crippen LogP contribution in [0.25, 0.3) is 11.3 Å². The highest BCUT2D eigenvalue weighted by molar-refractivity contribution is 6.05. The maximum atomic E-state index is 13.7. The van der Waals surface area contributed by atoms with Crippen molar-refractivity contribution in [3.63, 3.8) is 0 Å². The highest BCUT2D eigenvalue weighted by Crippen LogP contribution is 2.20.